The van der Waals surface area contributed by atoms with E-state index in [1.807, 2.05) is 24.3 Å². The summed E-state index contributed by atoms with van der Waals surface area (Å²) in [7, 11) is 0. The van der Waals surface area contributed by atoms with E-state index in [0.717, 1.165) is 14.6 Å². The highest BCUT2D eigenvalue weighted by molar-refractivity contribution is 8.17. The number of Topliss-reactive ketones (excluding diaryl/α,β-unsaturated/α-hetero) is 1. The minimum Gasteiger partial charge on any atom is -0.292 e. The van der Waals surface area contributed by atoms with Crippen molar-refractivity contribution in [1.29, 1.82) is 0 Å². The van der Waals surface area contributed by atoms with Crippen molar-refractivity contribution in [3.8, 4) is 0 Å². The van der Waals surface area contributed by atoms with Gasteiger partial charge in [0, 0.05) is 19.1 Å². The van der Waals surface area contributed by atoms with E-state index in [0.29, 0.717) is 5.69 Å². The molecule has 1 aromatic heterocycles. The Bertz CT molecular complexity index is 934. The van der Waals surface area contributed by atoms with Crippen molar-refractivity contribution in [2.45, 2.75) is 11.3 Å². The smallest absolute Gasteiger partial charge is 0.269 e. The number of rotatable bonds is 5. The van der Waals surface area contributed by atoms with Crippen molar-refractivity contribution < 1.29 is 9.72 Å². The first kappa shape index (κ1) is 17.1. The summed E-state index contributed by atoms with van der Waals surface area (Å²) in [4.78, 5) is 26.5. The monoisotopic (exact) mass is 372 g/mol. The fourth-order valence-electron chi connectivity index (χ4n) is 1.92. The molecule has 0 aliphatic carbocycles. The van der Waals surface area contributed by atoms with E-state index in [2.05, 4.69) is 15.5 Å². The summed E-state index contributed by atoms with van der Waals surface area (Å²) >= 11 is 2.67. The van der Waals surface area contributed by atoms with Crippen molar-refractivity contribution in [3.63, 3.8) is 0 Å². The number of aromatic nitrogens is 1. The summed E-state index contributed by atoms with van der Waals surface area (Å²) in [6, 6.07) is 13.5. The largest absolute Gasteiger partial charge is 0.292 e. The minimum absolute atomic E-state index is 0.00910. The first-order chi connectivity index (χ1) is 12.0. The van der Waals surface area contributed by atoms with E-state index in [1.54, 1.807) is 0 Å². The van der Waals surface area contributed by atoms with Crippen LogP contribution >= 0.6 is 23.1 Å². The number of non-ortho nitro benzene ring substituents is 1. The number of nitro benzene ring substituents is 1. The highest BCUT2D eigenvalue weighted by Crippen LogP contribution is 2.30. The van der Waals surface area contributed by atoms with Gasteiger partial charge in [-0.1, -0.05) is 12.1 Å². The fraction of sp³-hybridized carbons (Fsp3) is 0.0625. The normalized spacial score (nSPS) is 11.5. The van der Waals surface area contributed by atoms with Crippen LogP contribution in [0.5, 0.6) is 0 Å². The van der Waals surface area contributed by atoms with Gasteiger partial charge in [-0.3, -0.25) is 20.3 Å². The van der Waals surface area contributed by atoms with E-state index < -0.39 is 4.92 Å². The summed E-state index contributed by atoms with van der Waals surface area (Å²) in [5.41, 5.74) is 4.16. The lowest BCUT2D eigenvalue weighted by Gasteiger charge is -2.03. The molecule has 0 spiro atoms. The maximum Gasteiger partial charge on any atom is 0.269 e. The van der Waals surface area contributed by atoms with Gasteiger partial charge >= 0.3 is 0 Å². The molecule has 0 aliphatic heterocycles. The third-order valence-corrected chi connectivity index (χ3v) is 5.29. The van der Waals surface area contributed by atoms with Crippen LogP contribution in [0, 0.1) is 10.1 Å². The topological polar surface area (TPSA) is 97.5 Å². The summed E-state index contributed by atoms with van der Waals surface area (Å²) in [6.45, 7) is 1.43. The highest BCUT2D eigenvalue weighted by atomic mass is 32.2. The quantitative estimate of drug-likeness (QED) is 0.236. The van der Waals surface area contributed by atoms with Crippen LogP contribution in [0.2, 0.25) is 0 Å². The average molecular weight is 372 g/mol. The molecule has 9 heteroatoms. The SMILES string of the molecule is CC(=O)/C(=N\Nc1ccc([N+](=O)[O-])cc1)Sc1nc2ccccc2s1. The Morgan fingerprint density at radius 2 is 1.96 bits per heavy atom. The van der Waals surface area contributed by atoms with Crippen molar-refractivity contribution >= 4 is 55.5 Å². The predicted octanol–water partition coefficient (Wildman–Crippen LogP) is 4.31. The lowest BCUT2D eigenvalue weighted by Crippen LogP contribution is -2.08. The maximum atomic E-state index is 11.8. The van der Waals surface area contributed by atoms with Gasteiger partial charge in [-0.2, -0.15) is 5.10 Å². The number of anilines is 1. The Balaban J connectivity index is 1.77. The molecule has 0 aliphatic rings. The van der Waals surface area contributed by atoms with Crippen molar-refractivity contribution in [1.82, 2.24) is 4.98 Å². The number of nitrogens with zero attached hydrogens (tertiary/aromatic N) is 3. The van der Waals surface area contributed by atoms with Crippen LogP contribution in [0.4, 0.5) is 11.4 Å². The van der Waals surface area contributed by atoms with Gasteiger partial charge in [0.15, 0.2) is 15.2 Å². The van der Waals surface area contributed by atoms with Crippen molar-refractivity contribution in [2.75, 3.05) is 5.43 Å². The predicted molar refractivity (Wildman–Crippen MR) is 100 cm³/mol. The number of nitro groups is 1. The molecule has 7 nitrogen and oxygen atoms in total. The zero-order valence-electron chi connectivity index (χ0n) is 13.0. The highest BCUT2D eigenvalue weighted by Gasteiger charge is 2.13. The molecule has 0 saturated heterocycles. The van der Waals surface area contributed by atoms with E-state index in [1.165, 1.54) is 54.3 Å². The number of hydrogen-bond acceptors (Lipinski definition) is 8. The van der Waals surface area contributed by atoms with Crippen molar-refractivity contribution in [2.24, 2.45) is 5.10 Å². The van der Waals surface area contributed by atoms with Crippen LogP contribution in [0.15, 0.2) is 58.0 Å². The molecule has 1 N–H and O–H groups in total. The molecule has 1 heterocycles. The lowest BCUT2D eigenvalue weighted by atomic mass is 10.3. The number of thiazole rings is 1. The van der Waals surface area contributed by atoms with Crippen LogP contribution in [-0.2, 0) is 4.79 Å². The molecule has 0 fully saturated rings. The summed E-state index contributed by atoms with van der Waals surface area (Å²) in [5.74, 6) is -0.196. The Morgan fingerprint density at radius 1 is 1.24 bits per heavy atom. The van der Waals surface area contributed by atoms with Crippen LogP contribution in [0.25, 0.3) is 10.2 Å². The van der Waals surface area contributed by atoms with Crippen LogP contribution in [0.1, 0.15) is 6.92 Å². The molecule has 3 rings (SSSR count). The van der Waals surface area contributed by atoms with E-state index in [9.17, 15) is 14.9 Å². The number of para-hydroxylation sites is 1. The van der Waals surface area contributed by atoms with Crippen LogP contribution < -0.4 is 5.43 Å². The molecule has 0 unspecified atom stereocenters. The number of hydrazone groups is 1. The van der Waals surface area contributed by atoms with Gasteiger partial charge < -0.3 is 0 Å². The fourth-order valence-corrected chi connectivity index (χ4v) is 3.84. The second kappa shape index (κ2) is 7.41. The Kier molecular flexibility index (Phi) is 5.05. The van der Waals surface area contributed by atoms with Gasteiger partial charge in [0.2, 0.25) is 0 Å². The summed E-state index contributed by atoms with van der Waals surface area (Å²) in [5, 5.41) is 15.0. The van der Waals surface area contributed by atoms with Gasteiger partial charge in [0.1, 0.15) is 0 Å². The van der Waals surface area contributed by atoms with Crippen molar-refractivity contribution in [3.05, 3.63) is 58.6 Å². The molecule has 0 atom stereocenters. The van der Waals surface area contributed by atoms with E-state index in [4.69, 9.17) is 0 Å². The third-order valence-electron chi connectivity index (χ3n) is 3.12. The number of thioether (sulfide) groups is 1. The first-order valence-corrected chi connectivity index (χ1v) is 8.79. The van der Waals surface area contributed by atoms with E-state index >= 15 is 0 Å². The molecule has 0 amide bonds. The Labute approximate surface area is 150 Å². The zero-order chi connectivity index (χ0) is 17.8. The molecule has 0 bridgehead atoms. The number of hydrogen-bond donors (Lipinski definition) is 1. The van der Waals surface area contributed by atoms with Crippen LogP contribution in [-0.4, -0.2) is 20.7 Å². The standard InChI is InChI=1S/C16H12N4O3S2/c1-10(21)15(19-18-11-6-8-12(9-7-11)20(22)23)25-16-17-13-4-2-3-5-14(13)24-16/h2-9,18H,1H3/b19-15+. The van der Waals surface area contributed by atoms with Gasteiger partial charge in [0.25, 0.3) is 5.69 Å². The van der Waals surface area contributed by atoms with Gasteiger partial charge in [-0.25, -0.2) is 4.98 Å². The van der Waals surface area contributed by atoms with E-state index in [-0.39, 0.29) is 16.5 Å². The average Bonchev–Trinajstić information content (AvgIpc) is 3.01. The summed E-state index contributed by atoms with van der Waals surface area (Å²) < 4.78 is 1.76. The number of carbonyl (C=O) groups is 1. The molecule has 2 aromatic carbocycles. The van der Waals surface area contributed by atoms with Crippen LogP contribution in [0.3, 0.4) is 0 Å². The minimum atomic E-state index is -0.475. The molecule has 0 saturated carbocycles. The zero-order valence-corrected chi connectivity index (χ0v) is 14.6. The summed E-state index contributed by atoms with van der Waals surface area (Å²) in [6.07, 6.45) is 0. The third kappa shape index (κ3) is 4.20. The molecule has 25 heavy (non-hydrogen) atoms. The molecule has 3 aromatic rings. The number of benzene rings is 2. The number of carbonyl (C=O) groups excluding carboxylic acids is 1. The Hall–Kier alpha value is -2.78. The number of nitrogens with one attached hydrogen (secondary N) is 1. The molecule has 126 valence electrons. The second-order valence-electron chi connectivity index (χ2n) is 4.94. The van der Waals surface area contributed by atoms with Gasteiger partial charge in [0.05, 0.1) is 20.8 Å². The lowest BCUT2D eigenvalue weighted by molar-refractivity contribution is -0.384. The maximum absolute atomic E-state index is 11.8. The number of fused-ring (bicyclic) bond motifs is 1. The molecular formula is C16H12N4O3S2. The molecular weight excluding hydrogens is 360 g/mol. The molecule has 0 radical (unpaired) electrons. The second-order valence-corrected chi connectivity index (χ2v) is 7.21. The number of ketones is 1. The first-order valence-electron chi connectivity index (χ1n) is 7.15. The van der Waals surface area contributed by atoms with Gasteiger partial charge in [-0.05, 0) is 36.0 Å². The Morgan fingerprint density at radius 3 is 2.60 bits per heavy atom. The van der Waals surface area contributed by atoms with Gasteiger partial charge in [-0.15, -0.1) is 11.3 Å².